The minimum Gasteiger partial charge on any atom is -0.378 e. The molecule has 0 radical (unpaired) electrons. The van der Waals surface area contributed by atoms with Crippen LogP contribution in [0.1, 0.15) is 21.5 Å². The predicted molar refractivity (Wildman–Crippen MR) is 112 cm³/mol. The lowest BCUT2D eigenvalue weighted by molar-refractivity contribution is 0.0639. The van der Waals surface area contributed by atoms with Crippen LogP contribution in [0.2, 0.25) is 0 Å². The van der Waals surface area contributed by atoms with Crippen molar-refractivity contribution >= 4 is 17.7 Å². The first-order valence-electron chi connectivity index (χ1n) is 9.90. The van der Waals surface area contributed by atoms with Crippen molar-refractivity contribution in [1.29, 1.82) is 0 Å². The molecule has 2 aliphatic rings. The van der Waals surface area contributed by atoms with Gasteiger partial charge in [0.2, 0.25) is 11.9 Å². The average Bonchev–Trinajstić information content (AvgIpc) is 3.18. The lowest BCUT2D eigenvalue weighted by Crippen LogP contribution is -2.39. The summed E-state index contributed by atoms with van der Waals surface area (Å²) in [5, 5.41) is 0. The minimum absolute atomic E-state index is 0.150. The molecule has 1 saturated heterocycles. The number of amides is 1. The third kappa shape index (κ3) is 3.77. The Labute approximate surface area is 171 Å². The van der Waals surface area contributed by atoms with E-state index in [0.717, 1.165) is 43.0 Å². The molecule has 8 nitrogen and oxygen atoms in total. The van der Waals surface area contributed by atoms with Gasteiger partial charge < -0.3 is 25.2 Å². The number of anilines is 2. The summed E-state index contributed by atoms with van der Waals surface area (Å²) in [7, 11) is 5.93. The molecule has 8 heteroatoms. The van der Waals surface area contributed by atoms with E-state index in [1.807, 2.05) is 24.4 Å². The van der Waals surface area contributed by atoms with Gasteiger partial charge in [0.1, 0.15) is 5.82 Å². The van der Waals surface area contributed by atoms with Crippen LogP contribution in [0.25, 0.3) is 0 Å². The third-order valence-electron chi connectivity index (χ3n) is 5.97. The van der Waals surface area contributed by atoms with Gasteiger partial charge in [0.25, 0.3) is 0 Å². The highest BCUT2D eigenvalue weighted by Gasteiger charge is 2.35. The monoisotopic (exact) mass is 396 g/mol. The molecule has 154 valence electrons. The third-order valence-corrected chi connectivity index (χ3v) is 5.97. The molecule has 2 atom stereocenters. The Bertz CT molecular complexity index is 902. The number of methoxy groups -OCH3 is 1. The van der Waals surface area contributed by atoms with Gasteiger partial charge in [0.05, 0.1) is 12.1 Å². The largest absolute Gasteiger partial charge is 0.378 e. The molecule has 1 aromatic carbocycles. The lowest BCUT2D eigenvalue weighted by Gasteiger charge is -2.30. The first-order valence-corrected chi connectivity index (χ1v) is 9.90. The summed E-state index contributed by atoms with van der Waals surface area (Å²) in [5.74, 6) is 1.25. The molecule has 0 bridgehead atoms. The zero-order valence-electron chi connectivity index (χ0n) is 17.2. The van der Waals surface area contributed by atoms with E-state index in [1.54, 1.807) is 13.2 Å². The molecule has 1 aromatic heterocycles. The van der Waals surface area contributed by atoms with E-state index in [0.29, 0.717) is 24.1 Å². The van der Waals surface area contributed by atoms with Crippen LogP contribution in [0.5, 0.6) is 0 Å². The Kier molecular flexibility index (Phi) is 5.38. The Balaban J connectivity index is 1.54. The number of hydrogen-bond donors (Lipinski definition) is 1. The fourth-order valence-corrected chi connectivity index (χ4v) is 4.35. The highest BCUT2D eigenvalue weighted by Crippen LogP contribution is 2.27. The number of hydrogen-bond acceptors (Lipinski definition) is 7. The molecular weight excluding hydrogens is 368 g/mol. The maximum absolute atomic E-state index is 11.7. The summed E-state index contributed by atoms with van der Waals surface area (Å²) >= 11 is 0. The van der Waals surface area contributed by atoms with Crippen LogP contribution < -0.4 is 15.5 Å². The number of nitrogens with two attached hydrogens (primary N) is 1. The average molecular weight is 396 g/mol. The quantitative estimate of drug-likeness (QED) is 0.803. The smallest absolute Gasteiger partial charge is 0.248 e. The summed E-state index contributed by atoms with van der Waals surface area (Å²) in [5.41, 5.74) is 8.30. The minimum atomic E-state index is -0.370. The number of carbonyl (C=O) groups is 1. The highest BCUT2D eigenvalue weighted by molar-refractivity contribution is 5.94. The number of likely N-dealkylation sites (N-methyl/N-ethyl adjacent to an activating group) is 1. The van der Waals surface area contributed by atoms with Gasteiger partial charge in [-0.3, -0.25) is 4.79 Å². The molecular formula is C21H28N6O2. The van der Waals surface area contributed by atoms with Crippen molar-refractivity contribution in [3.8, 4) is 0 Å². The number of nitrogens with zero attached hydrogens (tertiary/aromatic N) is 5. The lowest BCUT2D eigenvalue weighted by atomic mass is 9.94. The van der Waals surface area contributed by atoms with Crippen molar-refractivity contribution in [2.24, 2.45) is 5.73 Å². The normalized spacial score (nSPS) is 21.5. The van der Waals surface area contributed by atoms with Crippen LogP contribution in [0.4, 0.5) is 11.8 Å². The van der Waals surface area contributed by atoms with Crippen molar-refractivity contribution in [1.82, 2.24) is 14.9 Å². The number of aromatic nitrogens is 2. The fraction of sp³-hybridized carbons (Fsp3) is 0.476. The topological polar surface area (TPSA) is 87.8 Å². The van der Waals surface area contributed by atoms with Crippen LogP contribution >= 0.6 is 0 Å². The van der Waals surface area contributed by atoms with Gasteiger partial charge in [0.15, 0.2) is 0 Å². The molecule has 4 rings (SSSR count). The van der Waals surface area contributed by atoms with Crippen LogP contribution in [-0.4, -0.2) is 73.8 Å². The Morgan fingerprint density at radius 2 is 2.07 bits per heavy atom. The summed E-state index contributed by atoms with van der Waals surface area (Å²) in [4.78, 5) is 27.7. The SMILES string of the molecule is CO[C@@H]1CN(c2ccnc(N3CCc4c(cccc4C(N)=O)C3)n2)C[C@@H]1N(C)C. The summed E-state index contributed by atoms with van der Waals surface area (Å²) in [6.45, 7) is 3.09. The van der Waals surface area contributed by atoms with Gasteiger partial charge in [-0.15, -0.1) is 0 Å². The van der Waals surface area contributed by atoms with E-state index >= 15 is 0 Å². The molecule has 0 aliphatic carbocycles. The van der Waals surface area contributed by atoms with Crippen LogP contribution in [0.15, 0.2) is 30.5 Å². The summed E-state index contributed by atoms with van der Waals surface area (Å²) < 4.78 is 5.68. The second-order valence-corrected chi connectivity index (χ2v) is 7.90. The molecule has 3 heterocycles. The van der Waals surface area contributed by atoms with Crippen molar-refractivity contribution in [2.45, 2.75) is 25.1 Å². The number of benzene rings is 1. The number of carbonyl (C=O) groups excluding carboxylic acids is 1. The summed E-state index contributed by atoms with van der Waals surface area (Å²) in [6, 6.07) is 8.01. The molecule has 2 N–H and O–H groups in total. The molecule has 0 spiro atoms. The zero-order valence-corrected chi connectivity index (χ0v) is 17.2. The molecule has 2 aromatic rings. The van der Waals surface area contributed by atoms with Crippen LogP contribution in [0, 0.1) is 0 Å². The van der Waals surface area contributed by atoms with E-state index in [9.17, 15) is 4.79 Å². The van der Waals surface area contributed by atoms with Gasteiger partial charge in [-0.2, -0.15) is 4.98 Å². The Hall–Kier alpha value is -2.71. The standard InChI is InChI=1S/C21H28N6O2/c1-25(2)17-12-27(13-18(17)29-3)19-7-9-23-21(24-19)26-10-8-15-14(11-26)5-4-6-16(15)20(22)28/h4-7,9,17-18H,8,10-13H2,1-3H3,(H2,22,28)/t17-,18+/m0/s1. The van der Waals surface area contributed by atoms with E-state index in [1.165, 1.54) is 0 Å². The molecule has 1 fully saturated rings. The van der Waals surface area contributed by atoms with Gasteiger partial charge in [-0.1, -0.05) is 12.1 Å². The molecule has 0 unspecified atom stereocenters. The predicted octanol–water partition coefficient (Wildman–Crippen LogP) is 0.903. The molecule has 2 aliphatic heterocycles. The van der Waals surface area contributed by atoms with Gasteiger partial charge in [0, 0.05) is 45.0 Å². The second-order valence-electron chi connectivity index (χ2n) is 7.90. The Morgan fingerprint density at radius 3 is 2.76 bits per heavy atom. The zero-order chi connectivity index (χ0) is 20.5. The van der Waals surface area contributed by atoms with Crippen molar-refractivity contribution in [2.75, 3.05) is 50.6 Å². The number of fused-ring (bicyclic) bond motifs is 1. The fourth-order valence-electron chi connectivity index (χ4n) is 4.35. The van der Waals surface area contributed by atoms with Crippen molar-refractivity contribution in [3.05, 3.63) is 47.2 Å². The number of ether oxygens (including phenoxy) is 1. The second kappa shape index (κ2) is 7.96. The van der Waals surface area contributed by atoms with E-state index < -0.39 is 0 Å². The first kappa shape index (κ1) is 19.6. The summed E-state index contributed by atoms with van der Waals surface area (Å²) in [6.07, 6.45) is 2.72. The van der Waals surface area contributed by atoms with Crippen molar-refractivity contribution in [3.63, 3.8) is 0 Å². The van der Waals surface area contributed by atoms with Gasteiger partial charge >= 0.3 is 0 Å². The van der Waals surface area contributed by atoms with Crippen LogP contribution in [0.3, 0.4) is 0 Å². The maximum Gasteiger partial charge on any atom is 0.248 e. The van der Waals surface area contributed by atoms with E-state index in [4.69, 9.17) is 15.5 Å². The number of primary amides is 1. The highest BCUT2D eigenvalue weighted by atomic mass is 16.5. The first-order chi connectivity index (χ1) is 14.0. The molecule has 0 saturated carbocycles. The number of rotatable bonds is 5. The van der Waals surface area contributed by atoms with E-state index in [-0.39, 0.29) is 12.0 Å². The molecule has 29 heavy (non-hydrogen) atoms. The van der Waals surface area contributed by atoms with Crippen LogP contribution in [-0.2, 0) is 17.7 Å². The Morgan fingerprint density at radius 1 is 1.24 bits per heavy atom. The van der Waals surface area contributed by atoms with Gasteiger partial charge in [-0.05, 0) is 43.8 Å². The maximum atomic E-state index is 11.7. The molecule has 1 amide bonds. The van der Waals surface area contributed by atoms with E-state index in [2.05, 4.69) is 33.8 Å². The van der Waals surface area contributed by atoms with Gasteiger partial charge in [-0.25, -0.2) is 4.98 Å². The van der Waals surface area contributed by atoms with Crippen molar-refractivity contribution < 1.29 is 9.53 Å².